The summed E-state index contributed by atoms with van der Waals surface area (Å²) < 4.78 is 5.98. The lowest BCUT2D eigenvalue weighted by Crippen LogP contribution is -1.86. The van der Waals surface area contributed by atoms with Gasteiger partial charge in [-0.25, -0.2) is 4.98 Å². The van der Waals surface area contributed by atoms with Crippen molar-refractivity contribution in [2.75, 3.05) is 0 Å². The molecular weight excluding hydrogens is 284 g/mol. The van der Waals surface area contributed by atoms with Gasteiger partial charge in [0.1, 0.15) is 0 Å². The van der Waals surface area contributed by atoms with Gasteiger partial charge in [-0.1, -0.05) is 60.7 Å². The standard InChI is InChI=1S/C20H14N2O/c1-3-7-15(8-4-1)18-13-21-12-11-17(18)20-22-14-19(23-20)16-9-5-2-6-10-16/h1-14H. The van der Waals surface area contributed by atoms with Gasteiger partial charge in [0, 0.05) is 29.1 Å². The summed E-state index contributed by atoms with van der Waals surface area (Å²) in [5, 5.41) is 0. The Hall–Kier alpha value is -3.20. The maximum atomic E-state index is 5.98. The molecule has 23 heavy (non-hydrogen) atoms. The lowest BCUT2D eigenvalue weighted by Gasteiger charge is -2.05. The molecule has 0 atom stereocenters. The molecule has 3 nitrogen and oxygen atoms in total. The van der Waals surface area contributed by atoms with Gasteiger partial charge >= 0.3 is 0 Å². The van der Waals surface area contributed by atoms with E-state index >= 15 is 0 Å². The van der Waals surface area contributed by atoms with Gasteiger partial charge in [0.2, 0.25) is 5.89 Å². The summed E-state index contributed by atoms with van der Waals surface area (Å²) in [5.74, 6) is 1.36. The smallest absolute Gasteiger partial charge is 0.227 e. The first-order valence-electron chi connectivity index (χ1n) is 7.43. The molecule has 0 bridgehead atoms. The highest BCUT2D eigenvalue weighted by molar-refractivity contribution is 5.79. The zero-order valence-electron chi connectivity index (χ0n) is 12.4. The predicted molar refractivity (Wildman–Crippen MR) is 90.6 cm³/mol. The topological polar surface area (TPSA) is 38.9 Å². The number of aromatic nitrogens is 2. The first-order valence-corrected chi connectivity index (χ1v) is 7.43. The molecule has 0 aliphatic rings. The van der Waals surface area contributed by atoms with Crippen LogP contribution in [0.4, 0.5) is 0 Å². The highest BCUT2D eigenvalue weighted by Crippen LogP contribution is 2.32. The summed E-state index contributed by atoms with van der Waals surface area (Å²) >= 11 is 0. The molecule has 0 N–H and O–H groups in total. The predicted octanol–water partition coefficient (Wildman–Crippen LogP) is 5.07. The van der Waals surface area contributed by atoms with Crippen molar-refractivity contribution in [1.82, 2.24) is 9.97 Å². The van der Waals surface area contributed by atoms with Crippen molar-refractivity contribution in [1.29, 1.82) is 0 Å². The lowest BCUT2D eigenvalue weighted by molar-refractivity contribution is 0.589. The molecule has 110 valence electrons. The van der Waals surface area contributed by atoms with Crippen molar-refractivity contribution in [2.24, 2.45) is 0 Å². The van der Waals surface area contributed by atoms with E-state index < -0.39 is 0 Å². The van der Waals surface area contributed by atoms with Crippen molar-refractivity contribution in [3.63, 3.8) is 0 Å². The molecule has 0 saturated heterocycles. The molecule has 0 saturated carbocycles. The maximum absolute atomic E-state index is 5.98. The number of hydrogen-bond acceptors (Lipinski definition) is 3. The summed E-state index contributed by atoms with van der Waals surface area (Å²) in [7, 11) is 0. The minimum absolute atomic E-state index is 0.602. The Labute approximate surface area is 134 Å². The van der Waals surface area contributed by atoms with Crippen LogP contribution in [0.25, 0.3) is 33.9 Å². The van der Waals surface area contributed by atoms with E-state index in [1.54, 1.807) is 12.4 Å². The second kappa shape index (κ2) is 5.89. The zero-order chi connectivity index (χ0) is 15.5. The van der Waals surface area contributed by atoms with Crippen molar-refractivity contribution >= 4 is 0 Å². The van der Waals surface area contributed by atoms with Crippen molar-refractivity contribution in [3.8, 4) is 33.9 Å². The maximum Gasteiger partial charge on any atom is 0.227 e. The summed E-state index contributed by atoms with van der Waals surface area (Å²) in [6.07, 6.45) is 5.37. The first-order chi connectivity index (χ1) is 11.4. The Morgan fingerprint density at radius 2 is 1.35 bits per heavy atom. The Bertz CT molecular complexity index is 915. The van der Waals surface area contributed by atoms with Crippen LogP contribution in [0, 0.1) is 0 Å². The van der Waals surface area contributed by atoms with Gasteiger partial charge in [-0.3, -0.25) is 4.98 Å². The zero-order valence-corrected chi connectivity index (χ0v) is 12.4. The van der Waals surface area contributed by atoms with E-state index in [0.717, 1.165) is 28.0 Å². The molecule has 4 rings (SSSR count). The molecular formula is C20H14N2O. The highest BCUT2D eigenvalue weighted by atomic mass is 16.4. The van der Waals surface area contributed by atoms with Gasteiger partial charge in [-0.05, 0) is 11.6 Å². The molecule has 0 radical (unpaired) electrons. The van der Waals surface area contributed by atoms with E-state index in [1.807, 2.05) is 60.8 Å². The third-order valence-electron chi connectivity index (χ3n) is 3.70. The van der Waals surface area contributed by atoms with Gasteiger partial charge < -0.3 is 4.42 Å². The molecule has 0 aliphatic carbocycles. The number of oxazole rings is 1. The molecule has 2 aromatic heterocycles. The number of benzene rings is 2. The number of nitrogens with zero attached hydrogens (tertiary/aromatic N) is 2. The van der Waals surface area contributed by atoms with Crippen LogP contribution in [0.3, 0.4) is 0 Å². The minimum atomic E-state index is 0.602. The molecule has 3 heteroatoms. The highest BCUT2D eigenvalue weighted by Gasteiger charge is 2.13. The fraction of sp³-hybridized carbons (Fsp3) is 0. The van der Waals surface area contributed by atoms with E-state index in [4.69, 9.17) is 4.42 Å². The molecule has 0 amide bonds. The van der Waals surface area contributed by atoms with E-state index in [0.29, 0.717) is 5.89 Å². The van der Waals surface area contributed by atoms with E-state index in [1.165, 1.54) is 0 Å². The summed E-state index contributed by atoms with van der Waals surface area (Å²) in [6.45, 7) is 0. The van der Waals surface area contributed by atoms with Gasteiger partial charge in [0.25, 0.3) is 0 Å². The molecule has 0 fully saturated rings. The Kier molecular flexibility index (Phi) is 3.45. The Morgan fingerprint density at radius 3 is 2.09 bits per heavy atom. The van der Waals surface area contributed by atoms with Gasteiger partial charge in [0.05, 0.1) is 6.20 Å². The molecule has 2 aromatic carbocycles. The lowest BCUT2D eigenvalue weighted by atomic mass is 10.0. The average molecular weight is 298 g/mol. The van der Waals surface area contributed by atoms with Crippen LogP contribution in [-0.4, -0.2) is 9.97 Å². The Balaban J connectivity index is 1.79. The molecule has 0 spiro atoms. The van der Waals surface area contributed by atoms with Gasteiger partial charge in [-0.2, -0.15) is 0 Å². The van der Waals surface area contributed by atoms with Gasteiger partial charge in [0.15, 0.2) is 5.76 Å². The van der Waals surface area contributed by atoms with Crippen LogP contribution >= 0.6 is 0 Å². The third kappa shape index (κ3) is 2.64. The summed E-state index contributed by atoms with van der Waals surface area (Å²) in [5.41, 5.74) is 4.06. The average Bonchev–Trinajstić information content (AvgIpc) is 3.13. The third-order valence-corrected chi connectivity index (χ3v) is 3.70. The molecule has 0 aliphatic heterocycles. The van der Waals surface area contributed by atoms with Crippen LogP contribution in [-0.2, 0) is 0 Å². The van der Waals surface area contributed by atoms with Crippen molar-refractivity contribution in [2.45, 2.75) is 0 Å². The van der Waals surface area contributed by atoms with Crippen LogP contribution in [0.1, 0.15) is 0 Å². The fourth-order valence-corrected chi connectivity index (χ4v) is 2.56. The van der Waals surface area contributed by atoms with E-state index in [2.05, 4.69) is 22.1 Å². The number of pyridine rings is 1. The van der Waals surface area contributed by atoms with Crippen molar-refractivity contribution < 1.29 is 4.42 Å². The molecule has 2 heterocycles. The number of hydrogen-bond donors (Lipinski definition) is 0. The van der Waals surface area contributed by atoms with Crippen molar-refractivity contribution in [3.05, 3.63) is 85.3 Å². The minimum Gasteiger partial charge on any atom is -0.436 e. The summed E-state index contributed by atoms with van der Waals surface area (Å²) in [4.78, 5) is 8.70. The van der Waals surface area contributed by atoms with E-state index in [9.17, 15) is 0 Å². The fourth-order valence-electron chi connectivity index (χ4n) is 2.56. The second-order valence-electron chi connectivity index (χ2n) is 5.18. The van der Waals surface area contributed by atoms with Crippen LogP contribution in [0.15, 0.2) is 89.7 Å². The largest absolute Gasteiger partial charge is 0.436 e. The SMILES string of the molecule is c1ccc(-c2cnc(-c3ccncc3-c3ccccc3)o2)cc1. The van der Waals surface area contributed by atoms with Crippen LogP contribution < -0.4 is 0 Å². The first kappa shape index (κ1) is 13.5. The monoisotopic (exact) mass is 298 g/mol. The Morgan fingerprint density at radius 1 is 0.652 bits per heavy atom. The van der Waals surface area contributed by atoms with Gasteiger partial charge in [-0.15, -0.1) is 0 Å². The molecule has 0 unspecified atom stereocenters. The normalized spacial score (nSPS) is 10.6. The quantitative estimate of drug-likeness (QED) is 0.530. The van der Waals surface area contributed by atoms with Crippen LogP contribution in [0.5, 0.6) is 0 Å². The number of rotatable bonds is 3. The summed E-state index contributed by atoms with van der Waals surface area (Å²) in [6, 6.07) is 22.0. The second-order valence-corrected chi connectivity index (χ2v) is 5.18. The van der Waals surface area contributed by atoms with Crippen LogP contribution in [0.2, 0.25) is 0 Å². The van der Waals surface area contributed by atoms with E-state index in [-0.39, 0.29) is 0 Å². The molecule has 4 aromatic rings.